The molecule has 0 aromatic rings. The van der Waals surface area contributed by atoms with Crippen molar-refractivity contribution in [1.29, 1.82) is 0 Å². The maximum Gasteiger partial charge on any atom is 0.0218 e. The van der Waals surface area contributed by atoms with Crippen LogP contribution in [0.15, 0.2) is 12.7 Å². The van der Waals surface area contributed by atoms with Gasteiger partial charge in [-0.3, -0.25) is 0 Å². The van der Waals surface area contributed by atoms with Gasteiger partial charge in [-0.05, 0) is 45.2 Å². The van der Waals surface area contributed by atoms with E-state index in [2.05, 4.69) is 44.3 Å². The maximum atomic E-state index is 4.01. The summed E-state index contributed by atoms with van der Waals surface area (Å²) in [7, 11) is 4.16. The normalized spacial score (nSPS) is 37.2. The van der Waals surface area contributed by atoms with Crippen LogP contribution in [-0.4, -0.2) is 26.2 Å². The lowest BCUT2D eigenvalue weighted by Crippen LogP contribution is -2.45. The van der Waals surface area contributed by atoms with Gasteiger partial charge >= 0.3 is 0 Å². The zero-order chi connectivity index (χ0) is 12.0. The monoisotopic (exact) mass is 224 g/mol. The Morgan fingerprint density at radius 3 is 2.25 bits per heavy atom. The second kappa shape index (κ2) is 6.41. The average Bonchev–Trinajstić information content (AvgIpc) is 2.39. The molecule has 3 unspecified atom stereocenters. The molecule has 0 amide bonds. The SMILES string of the molecule is C=CC1(C)CCCCC(NC)C(NC)CC1. The van der Waals surface area contributed by atoms with Gasteiger partial charge in [-0.1, -0.05) is 25.8 Å². The van der Waals surface area contributed by atoms with Crippen LogP contribution in [0.3, 0.4) is 0 Å². The van der Waals surface area contributed by atoms with Crippen molar-refractivity contribution in [3.63, 3.8) is 0 Å². The second-order valence-corrected chi connectivity index (χ2v) is 5.43. The first-order valence-corrected chi connectivity index (χ1v) is 6.63. The minimum absolute atomic E-state index is 0.345. The Morgan fingerprint density at radius 2 is 1.69 bits per heavy atom. The number of likely N-dealkylation sites (N-methyl/N-ethyl adjacent to an activating group) is 2. The van der Waals surface area contributed by atoms with Gasteiger partial charge in [0.1, 0.15) is 0 Å². The van der Waals surface area contributed by atoms with Crippen molar-refractivity contribution in [2.75, 3.05) is 14.1 Å². The molecule has 0 spiro atoms. The van der Waals surface area contributed by atoms with Gasteiger partial charge in [0, 0.05) is 12.1 Å². The highest BCUT2D eigenvalue weighted by molar-refractivity contribution is 4.94. The highest BCUT2D eigenvalue weighted by Gasteiger charge is 2.26. The van der Waals surface area contributed by atoms with Crippen LogP contribution in [0.25, 0.3) is 0 Å². The molecule has 1 saturated carbocycles. The minimum atomic E-state index is 0.345. The molecule has 1 rings (SSSR count). The summed E-state index contributed by atoms with van der Waals surface area (Å²) >= 11 is 0. The predicted molar refractivity (Wildman–Crippen MR) is 71.7 cm³/mol. The third-order valence-corrected chi connectivity index (χ3v) is 4.26. The standard InChI is InChI=1S/C14H28N2/c1-5-14(2)10-7-6-8-12(15-3)13(16-4)9-11-14/h5,12-13,15-16H,1,6-11H2,2-4H3. The molecular formula is C14H28N2. The van der Waals surface area contributed by atoms with E-state index in [4.69, 9.17) is 0 Å². The Kier molecular flexibility index (Phi) is 5.50. The molecule has 0 radical (unpaired) electrons. The minimum Gasteiger partial charge on any atom is -0.315 e. The zero-order valence-corrected chi connectivity index (χ0v) is 11.2. The molecule has 0 saturated heterocycles. The van der Waals surface area contributed by atoms with Crippen LogP contribution in [-0.2, 0) is 0 Å². The van der Waals surface area contributed by atoms with Crippen LogP contribution in [0, 0.1) is 5.41 Å². The molecule has 3 atom stereocenters. The maximum absolute atomic E-state index is 4.01. The van der Waals surface area contributed by atoms with Crippen LogP contribution in [0.4, 0.5) is 0 Å². The quantitative estimate of drug-likeness (QED) is 0.720. The summed E-state index contributed by atoms with van der Waals surface area (Å²) in [5.41, 5.74) is 0.345. The Bertz CT molecular complexity index is 215. The molecule has 94 valence electrons. The van der Waals surface area contributed by atoms with Crippen LogP contribution < -0.4 is 10.6 Å². The van der Waals surface area contributed by atoms with Crippen LogP contribution in [0.5, 0.6) is 0 Å². The molecule has 0 aromatic carbocycles. The summed E-state index contributed by atoms with van der Waals surface area (Å²) in [6.45, 7) is 6.37. The largest absolute Gasteiger partial charge is 0.315 e. The van der Waals surface area contributed by atoms with Crippen molar-refractivity contribution in [3.05, 3.63) is 12.7 Å². The molecule has 0 bridgehead atoms. The number of hydrogen-bond acceptors (Lipinski definition) is 2. The zero-order valence-electron chi connectivity index (χ0n) is 11.2. The fourth-order valence-electron chi connectivity index (χ4n) is 2.80. The van der Waals surface area contributed by atoms with E-state index in [1.165, 1.54) is 38.5 Å². The molecule has 0 heterocycles. The van der Waals surface area contributed by atoms with E-state index in [9.17, 15) is 0 Å². The van der Waals surface area contributed by atoms with E-state index >= 15 is 0 Å². The molecular weight excluding hydrogens is 196 g/mol. The number of rotatable bonds is 3. The smallest absolute Gasteiger partial charge is 0.0218 e. The molecule has 1 aliphatic carbocycles. The Morgan fingerprint density at radius 1 is 1.06 bits per heavy atom. The van der Waals surface area contributed by atoms with E-state index in [1.54, 1.807) is 0 Å². The van der Waals surface area contributed by atoms with Gasteiger partial charge < -0.3 is 10.6 Å². The van der Waals surface area contributed by atoms with Gasteiger partial charge in [0.25, 0.3) is 0 Å². The Labute approximate surface area is 101 Å². The van der Waals surface area contributed by atoms with E-state index in [1.807, 2.05) is 0 Å². The molecule has 16 heavy (non-hydrogen) atoms. The number of allylic oxidation sites excluding steroid dienone is 1. The first-order valence-electron chi connectivity index (χ1n) is 6.63. The number of nitrogens with one attached hydrogen (secondary N) is 2. The van der Waals surface area contributed by atoms with Gasteiger partial charge in [-0.15, -0.1) is 6.58 Å². The molecule has 1 aliphatic rings. The van der Waals surface area contributed by atoms with Gasteiger partial charge in [0.05, 0.1) is 0 Å². The average molecular weight is 224 g/mol. The van der Waals surface area contributed by atoms with Crippen molar-refractivity contribution in [2.45, 2.75) is 57.5 Å². The Hall–Kier alpha value is -0.340. The van der Waals surface area contributed by atoms with Gasteiger partial charge in [-0.2, -0.15) is 0 Å². The van der Waals surface area contributed by atoms with Crippen molar-refractivity contribution in [2.24, 2.45) is 5.41 Å². The summed E-state index contributed by atoms with van der Waals surface area (Å²) in [5, 5.41) is 6.92. The van der Waals surface area contributed by atoms with Crippen LogP contribution in [0.2, 0.25) is 0 Å². The molecule has 0 aliphatic heterocycles. The fraction of sp³-hybridized carbons (Fsp3) is 0.857. The second-order valence-electron chi connectivity index (χ2n) is 5.43. The summed E-state index contributed by atoms with van der Waals surface area (Å²) in [4.78, 5) is 0. The van der Waals surface area contributed by atoms with Gasteiger partial charge in [0.15, 0.2) is 0 Å². The summed E-state index contributed by atoms with van der Waals surface area (Å²) in [6, 6.07) is 1.22. The highest BCUT2D eigenvalue weighted by Crippen LogP contribution is 2.33. The third kappa shape index (κ3) is 3.60. The molecule has 2 nitrogen and oxygen atoms in total. The lowest BCUT2D eigenvalue weighted by molar-refractivity contribution is 0.312. The third-order valence-electron chi connectivity index (χ3n) is 4.26. The van der Waals surface area contributed by atoms with Crippen LogP contribution >= 0.6 is 0 Å². The van der Waals surface area contributed by atoms with E-state index in [0.717, 1.165) is 0 Å². The first-order chi connectivity index (χ1) is 7.65. The summed E-state index contributed by atoms with van der Waals surface area (Å²) in [5.74, 6) is 0. The van der Waals surface area contributed by atoms with E-state index in [0.29, 0.717) is 17.5 Å². The first kappa shape index (κ1) is 13.7. The van der Waals surface area contributed by atoms with Crippen molar-refractivity contribution in [1.82, 2.24) is 10.6 Å². The molecule has 2 N–H and O–H groups in total. The molecule has 2 heteroatoms. The van der Waals surface area contributed by atoms with E-state index in [-0.39, 0.29) is 0 Å². The van der Waals surface area contributed by atoms with Crippen molar-refractivity contribution >= 4 is 0 Å². The predicted octanol–water partition coefficient (Wildman–Crippen LogP) is 2.71. The van der Waals surface area contributed by atoms with Crippen molar-refractivity contribution < 1.29 is 0 Å². The molecule has 1 fully saturated rings. The lowest BCUT2D eigenvalue weighted by Gasteiger charge is -2.29. The summed E-state index contributed by atoms with van der Waals surface area (Å²) < 4.78 is 0. The molecule has 0 aromatic heterocycles. The number of hydrogen-bond donors (Lipinski definition) is 2. The summed E-state index contributed by atoms with van der Waals surface area (Å²) in [6.07, 6.45) is 9.90. The fourth-order valence-corrected chi connectivity index (χ4v) is 2.80. The van der Waals surface area contributed by atoms with Crippen molar-refractivity contribution in [3.8, 4) is 0 Å². The van der Waals surface area contributed by atoms with Gasteiger partial charge in [-0.25, -0.2) is 0 Å². The Balaban J connectivity index is 2.66. The lowest BCUT2D eigenvalue weighted by atomic mass is 9.80. The van der Waals surface area contributed by atoms with Crippen LogP contribution in [0.1, 0.15) is 45.4 Å². The van der Waals surface area contributed by atoms with E-state index < -0.39 is 0 Å². The topological polar surface area (TPSA) is 24.1 Å². The highest BCUT2D eigenvalue weighted by atomic mass is 15.0. The van der Waals surface area contributed by atoms with Gasteiger partial charge in [0.2, 0.25) is 0 Å².